The third-order valence-electron chi connectivity index (χ3n) is 2.36. The van der Waals surface area contributed by atoms with Gasteiger partial charge in [-0.15, -0.1) is 0 Å². The van der Waals surface area contributed by atoms with Crippen molar-refractivity contribution >= 4 is 0 Å². The molecule has 1 aliphatic rings. The topological polar surface area (TPSA) is 32.3 Å². The summed E-state index contributed by atoms with van der Waals surface area (Å²) in [5.74, 6) is 0. The van der Waals surface area contributed by atoms with Crippen LogP contribution in [0.5, 0.6) is 0 Å². The predicted molar refractivity (Wildman–Crippen MR) is 59.9 cm³/mol. The van der Waals surface area contributed by atoms with E-state index in [9.17, 15) is 0 Å². The van der Waals surface area contributed by atoms with Crippen LogP contribution in [-0.2, 0) is 0 Å². The summed E-state index contributed by atoms with van der Waals surface area (Å²) in [5.41, 5.74) is 3.68. The third kappa shape index (κ3) is 2.74. The minimum atomic E-state index is 0.212. The van der Waals surface area contributed by atoms with Crippen molar-refractivity contribution in [3.05, 3.63) is 35.1 Å². The molecule has 0 aliphatic heterocycles. The molecule has 0 bridgehead atoms. The zero-order chi connectivity index (χ0) is 10.4. The molecule has 1 aliphatic carbocycles. The number of hydrogen-bond acceptors (Lipinski definition) is 2. The van der Waals surface area contributed by atoms with E-state index in [2.05, 4.69) is 37.4 Å². The van der Waals surface area contributed by atoms with Crippen LogP contribution >= 0.6 is 0 Å². The highest BCUT2D eigenvalue weighted by Gasteiger charge is 2.07. The standard InChI is InChI=1S/C12H19NO/c1-3-13-12-7-5-4-6-10(2)11(12)8-9-14/h4,6-7,13-14H,3,5,8-9H2,1-2H3. The SMILES string of the molecule is CCNC1=CCC=CC(C)=C1CCO. The smallest absolute Gasteiger partial charge is 0.0472 e. The fourth-order valence-electron chi connectivity index (χ4n) is 1.68. The van der Waals surface area contributed by atoms with E-state index in [0.717, 1.165) is 19.4 Å². The van der Waals surface area contributed by atoms with Crippen LogP contribution in [0.25, 0.3) is 0 Å². The average Bonchev–Trinajstić information content (AvgIpc) is 2.33. The van der Waals surface area contributed by atoms with Crippen molar-refractivity contribution in [1.29, 1.82) is 0 Å². The molecule has 0 aromatic heterocycles. The van der Waals surface area contributed by atoms with E-state index in [0.29, 0.717) is 0 Å². The van der Waals surface area contributed by atoms with Crippen LogP contribution in [0, 0.1) is 0 Å². The molecule has 2 heteroatoms. The van der Waals surface area contributed by atoms with E-state index in [1.165, 1.54) is 16.8 Å². The Balaban J connectivity index is 2.90. The summed E-state index contributed by atoms with van der Waals surface area (Å²) in [6.45, 7) is 5.32. The second-order valence-electron chi connectivity index (χ2n) is 3.42. The normalized spacial score (nSPS) is 16.6. The molecule has 14 heavy (non-hydrogen) atoms. The van der Waals surface area contributed by atoms with Gasteiger partial charge in [0.05, 0.1) is 0 Å². The van der Waals surface area contributed by atoms with Gasteiger partial charge in [0.1, 0.15) is 0 Å². The Morgan fingerprint density at radius 3 is 2.93 bits per heavy atom. The first kappa shape index (κ1) is 11.1. The van der Waals surface area contributed by atoms with Crippen LogP contribution in [0.4, 0.5) is 0 Å². The van der Waals surface area contributed by atoms with E-state index < -0.39 is 0 Å². The van der Waals surface area contributed by atoms with E-state index in [4.69, 9.17) is 5.11 Å². The van der Waals surface area contributed by atoms with Crippen LogP contribution in [0.15, 0.2) is 35.1 Å². The predicted octanol–water partition coefficient (Wildman–Crippen LogP) is 2.14. The second kappa shape index (κ2) is 5.66. The van der Waals surface area contributed by atoms with Gasteiger partial charge in [0.25, 0.3) is 0 Å². The number of rotatable bonds is 4. The molecule has 2 nitrogen and oxygen atoms in total. The van der Waals surface area contributed by atoms with E-state index in [-0.39, 0.29) is 6.61 Å². The monoisotopic (exact) mass is 193 g/mol. The Kier molecular flexibility index (Phi) is 4.47. The summed E-state index contributed by atoms with van der Waals surface area (Å²) < 4.78 is 0. The van der Waals surface area contributed by atoms with Gasteiger partial charge in [-0.3, -0.25) is 0 Å². The molecule has 0 saturated carbocycles. The van der Waals surface area contributed by atoms with Crippen LogP contribution in [-0.4, -0.2) is 18.3 Å². The van der Waals surface area contributed by atoms with Gasteiger partial charge in [-0.25, -0.2) is 0 Å². The summed E-state index contributed by atoms with van der Waals surface area (Å²) >= 11 is 0. The minimum absolute atomic E-state index is 0.212. The molecule has 0 unspecified atom stereocenters. The Labute approximate surface area is 86.0 Å². The maximum absolute atomic E-state index is 9.00. The maximum atomic E-state index is 9.00. The Hall–Kier alpha value is -1.02. The number of likely N-dealkylation sites (N-methyl/N-ethyl adjacent to an activating group) is 1. The lowest BCUT2D eigenvalue weighted by molar-refractivity contribution is 0.299. The lowest BCUT2D eigenvalue weighted by atomic mass is 10.0. The van der Waals surface area contributed by atoms with Gasteiger partial charge in [0, 0.05) is 18.8 Å². The lowest BCUT2D eigenvalue weighted by Gasteiger charge is -2.13. The Bertz CT molecular complexity index is 274. The van der Waals surface area contributed by atoms with Crippen LogP contribution in [0.2, 0.25) is 0 Å². The summed E-state index contributed by atoms with van der Waals surface area (Å²) in [4.78, 5) is 0. The summed E-state index contributed by atoms with van der Waals surface area (Å²) in [5, 5.41) is 12.3. The quantitative estimate of drug-likeness (QED) is 0.717. The fourth-order valence-corrected chi connectivity index (χ4v) is 1.68. The highest BCUT2D eigenvalue weighted by molar-refractivity contribution is 5.40. The molecular formula is C12H19NO. The van der Waals surface area contributed by atoms with Gasteiger partial charge in [0.2, 0.25) is 0 Å². The number of allylic oxidation sites excluding steroid dienone is 5. The Morgan fingerprint density at radius 2 is 2.29 bits per heavy atom. The molecule has 0 spiro atoms. The van der Waals surface area contributed by atoms with Crippen molar-refractivity contribution in [3.8, 4) is 0 Å². The first-order valence-electron chi connectivity index (χ1n) is 5.21. The maximum Gasteiger partial charge on any atom is 0.0472 e. The van der Waals surface area contributed by atoms with Crippen LogP contribution < -0.4 is 5.32 Å². The second-order valence-corrected chi connectivity index (χ2v) is 3.42. The Morgan fingerprint density at radius 1 is 1.50 bits per heavy atom. The van der Waals surface area contributed by atoms with Crippen molar-refractivity contribution < 1.29 is 5.11 Å². The van der Waals surface area contributed by atoms with Gasteiger partial charge in [-0.1, -0.05) is 18.2 Å². The largest absolute Gasteiger partial charge is 0.396 e. The third-order valence-corrected chi connectivity index (χ3v) is 2.36. The molecule has 0 atom stereocenters. The highest BCUT2D eigenvalue weighted by Crippen LogP contribution is 2.20. The minimum Gasteiger partial charge on any atom is -0.396 e. The van der Waals surface area contributed by atoms with Crippen molar-refractivity contribution in [1.82, 2.24) is 5.32 Å². The van der Waals surface area contributed by atoms with Gasteiger partial charge in [0.15, 0.2) is 0 Å². The molecule has 2 N–H and O–H groups in total. The molecule has 0 aromatic carbocycles. The molecule has 1 rings (SSSR count). The van der Waals surface area contributed by atoms with Gasteiger partial charge >= 0.3 is 0 Å². The molecule has 0 amide bonds. The summed E-state index contributed by atoms with van der Waals surface area (Å²) in [6, 6.07) is 0. The molecule has 0 radical (unpaired) electrons. The van der Waals surface area contributed by atoms with Gasteiger partial charge in [-0.05, 0) is 37.8 Å². The van der Waals surface area contributed by atoms with Crippen LogP contribution in [0.1, 0.15) is 26.7 Å². The highest BCUT2D eigenvalue weighted by atomic mass is 16.2. The lowest BCUT2D eigenvalue weighted by Crippen LogP contribution is -2.15. The molecule has 0 fully saturated rings. The zero-order valence-corrected chi connectivity index (χ0v) is 9.01. The molecule has 0 saturated heterocycles. The molecular weight excluding hydrogens is 174 g/mol. The van der Waals surface area contributed by atoms with Crippen LogP contribution in [0.3, 0.4) is 0 Å². The number of nitrogens with one attached hydrogen (secondary N) is 1. The van der Waals surface area contributed by atoms with E-state index >= 15 is 0 Å². The van der Waals surface area contributed by atoms with E-state index in [1.54, 1.807) is 0 Å². The summed E-state index contributed by atoms with van der Waals surface area (Å²) in [7, 11) is 0. The number of aliphatic hydroxyl groups is 1. The first-order valence-corrected chi connectivity index (χ1v) is 5.21. The number of hydrogen-bond donors (Lipinski definition) is 2. The molecule has 0 aromatic rings. The van der Waals surface area contributed by atoms with Crippen molar-refractivity contribution in [2.75, 3.05) is 13.2 Å². The average molecular weight is 193 g/mol. The van der Waals surface area contributed by atoms with Crippen molar-refractivity contribution in [2.45, 2.75) is 26.7 Å². The number of aliphatic hydroxyl groups excluding tert-OH is 1. The molecule has 78 valence electrons. The summed E-state index contributed by atoms with van der Waals surface area (Å²) in [6.07, 6.45) is 8.16. The van der Waals surface area contributed by atoms with Gasteiger partial charge in [-0.2, -0.15) is 0 Å². The van der Waals surface area contributed by atoms with E-state index in [1.807, 2.05) is 0 Å². The van der Waals surface area contributed by atoms with Crippen molar-refractivity contribution in [2.24, 2.45) is 0 Å². The fraction of sp³-hybridized carbons (Fsp3) is 0.500. The first-order chi connectivity index (χ1) is 6.79. The van der Waals surface area contributed by atoms with Crippen molar-refractivity contribution in [3.63, 3.8) is 0 Å². The van der Waals surface area contributed by atoms with Gasteiger partial charge < -0.3 is 10.4 Å². The molecule has 0 heterocycles. The zero-order valence-electron chi connectivity index (χ0n) is 9.01.